The molecule has 0 heterocycles. The van der Waals surface area contributed by atoms with E-state index in [1.807, 2.05) is 30.3 Å². The number of esters is 1. The fourth-order valence-electron chi connectivity index (χ4n) is 2.68. The van der Waals surface area contributed by atoms with Gasteiger partial charge in [-0.25, -0.2) is 10.2 Å². The van der Waals surface area contributed by atoms with Gasteiger partial charge >= 0.3 is 5.97 Å². The van der Waals surface area contributed by atoms with Crippen LogP contribution < -0.4 is 14.9 Å². The number of non-ortho nitro benzene ring substituents is 1. The monoisotopic (exact) mass is 445 g/mol. The molecule has 9 nitrogen and oxygen atoms in total. The number of ether oxygens (including phenoxy) is 2. The Labute approximate surface area is 189 Å². The number of hydrogen-bond acceptors (Lipinski definition) is 7. The molecule has 3 aromatic rings. The average molecular weight is 445 g/mol. The van der Waals surface area contributed by atoms with E-state index in [1.165, 1.54) is 43.7 Å². The van der Waals surface area contributed by atoms with E-state index in [0.717, 1.165) is 5.56 Å². The molecule has 0 aliphatic carbocycles. The van der Waals surface area contributed by atoms with Crippen molar-refractivity contribution in [1.29, 1.82) is 0 Å². The van der Waals surface area contributed by atoms with Crippen molar-refractivity contribution in [3.8, 4) is 11.5 Å². The van der Waals surface area contributed by atoms with Crippen molar-refractivity contribution in [2.75, 3.05) is 7.11 Å². The first kappa shape index (κ1) is 22.9. The first-order valence-corrected chi connectivity index (χ1v) is 9.67. The van der Waals surface area contributed by atoms with Crippen LogP contribution in [0.1, 0.15) is 21.5 Å². The van der Waals surface area contributed by atoms with Crippen LogP contribution >= 0.6 is 0 Å². The van der Waals surface area contributed by atoms with Crippen LogP contribution in [0, 0.1) is 10.1 Å². The zero-order valence-electron chi connectivity index (χ0n) is 17.5. The van der Waals surface area contributed by atoms with Crippen LogP contribution in [0.3, 0.4) is 0 Å². The van der Waals surface area contributed by atoms with Gasteiger partial charge in [-0.1, -0.05) is 30.3 Å². The van der Waals surface area contributed by atoms with Crippen LogP contribution in [0.15, 0.2) is 84.0 Å². The van der Waals surface area contributed by atoms with E-state index in [1.54, 1.807) is 24.3 Å². The highest BCUT2D eigenvalue weighted by Crippen LogP contribution is 2.27. The number of nitro benzene ring substituents is 1. The Balaban J connectivity index is 1.61. The Morgan fingerprint density at radius 1 is 0.970 bits per heavy atom. The maximum Gasteiger partial charge on any atom is 0.336 e. The standard InChI is InChI=1S/C24H19N3O6/c1-32-22-15-18(16-25-26-24(29)19-9-11-20(12-10-19)27(30)31)7-13-21(22)33-23(28)14-8-17-5-3-2-4-6-17/h2-16H,1H3,(H,26,29). The lowest BCUT2D eigenvalue weighted by molar-refractivity contribution is -0.384. The van der Waals surface area contributed by atoms with Crippen molar-refractivity contribution < 1.29 is 24.0 Å². The summed E-state index contributed by atoms with van der Waals surface area (Å²) in [6, 6.07) is 19.2. The number of carbonyl (C=O) groups is 2. The third-order valence-electron chi connectivity index (χ3n) is 4.33. The SMILES string of the molecule is COc1cc(C=NNC(=O)c2ccc([N+](=O)[O-])cc2)ccc1OC(=O)C=Cc1ccccc1. The molecule has 166 valence electrons. The summed E-state index contributed by atoms with van der Waals surface area (Å²) in [6.45, 7) is 0. The fraction of sp³-hybridized carbons (Fsp3) is 0.0417. The van der Waals surface area contributed by atoms with Gasteiger partial charge in [-0.3, -0.25) is 14.9 Å². The molecule has 0 aliphatic rings. The van der Waals surface area contributed by atoms with Crippen molar-refractivity contribution in [1.82, 2.24) is 5.43 Å². The Kier molecular flexibility index (Phi) is 7.63. The Hall–Kier alpha value is -4.79. The molecule has 1 N–H and O–H groups in total. The van der Waals surface area contributed by atoms with E-state index in [2.05, 4.69) is 10.5 Å². The van der Waals surface area contributed by atoms with Crippen LogP contribution in [0.25, 0.3) is 6.08 Å². The lowest BCUT2D eigenvalue weighted by Crippen LogP contribution is -2.17. The van der Waals surface area contributed by atoms with Crippen LogP contribution in [0.2, 0.25) is 0 Å². The average Bonchev–Trinajstić information content (AvgIpc) is 2.84. The smallest absolute Gasteiger partial charge is 0.336 e. The number of hydrazone groups is 1. The Morgan fingerprint density at radius 2 is 1.70 bits per heavy atom. The third kappa shape index (κ3) is 6.59. The van der Waals surface area contributed by atoms with Crippen LogP contribution in [0.5, 0.6) is 11.5 Å². The van der Waals surface area contributed by atoms with Crippen molar-refractivity contribution in [2.24, 2.45) is 5.10 Å². The summed E-state index contributed by atoms with van der Waals surface area (Å²) in [7, 11) is 1.43. The first-order valence-electron chi connectivity index (χ1n) is 9.67. The number of methoxy groups -OCH3 is 1. The number of nitro groups is 1. The van der Waals surface area contributed by atoms with E-state index in [9.17, 15) is 19.7 Å². The van der Waals surface area contributed by atoms with Gasteiger partial charge in [0, 0.05) is 23.8 Å². The Morgan fingerprint density at radius 3 is 2.36 bits per heavy atom. The second-order valence-electron chi connectivity index (χ2n) is 6.58. The van der Waals surface area contributed by atoms with Crippen molar-refractivity contribution in [3.05, 3.63) is 106 Å². The molecule has 0 aliphatic heterocycles. The van der Waals surface area contributed by atoms with Crippen LogP contribution in [-0.2, 0) is 4.79 Å². The van der Waals surface area contributed by atoms with Crippen LogP contribution in [-0.4, -0.2) is 30.1 Å². The van der Waals surface area contributed by atoms with Gasteiger partial charge in [-0.2, -0.15) is 5.10 Å². The summed E-state index contributed by atoms with van der Waals surface area (Å²) in [4.78, 5) is 34.3. The summed E-state index contributed by atoms with van der Waals surface area (Å²) in [5, 5.41) is 14.5. The zero-order chi connectivity index (χ0) is 23.6. The van der Waals surface area contributed by atoms with Crippen LogP contribution in [0.4, 0.5) is 5.69 Å². The van der Waals surface area contributed by atoms with Crippen molar-refractivity contribution in [2.45, 2.75) is 0 Å². The fourth-order valence-corrected chi connectivity index (χ4v) is 2.68. The molecule has 33 heavy (non-hydrogen) atoms. The maximum atomic E-state index is 12.1. The molecule has 0 radical (unpaired) electrons. The molecule has 1 amide bonds. The van der Waals surface area contributed by atoms with Gasteiger partial charge in [0.05, 0.1) is 18.2 Å². The molecule has 0 saturated heterocycles. The number of hydrogen-bond donors (Lipinski definition) is 1. The first-order chi connectivity index (χ1) is 16.0. The second-order valence-corrected chi connectivity index (χ2v) is 6.58. The minimum atomic E-state index is -0.561. The molecule has 0 unspecified atom stereocenters. The molecular formula is C24H19N3O6. The highest BCUT2D eigenvalue weighted by molar-refractivity contribution is 5.95. The molecule has 0 fully saturated rings. The van der Waals surface area contributed by atoms with E-state index < -0.39 is 16.8 Å². The van der Waals surface area contributed by atoms with Gasteiger partial charge in [-0.05, 0) is 47.5 Å². The van der Waals surface area contributed by atoms with Gasteiger partial charge in [0.2, 0.25) is 0 Å². The molecule has 9 heteroatoms. The molecule has 0 atom stereocenters. The number of amides is 1. The lowest BCUT2D eigenvalue weighted by atomic mass is 10.2. The normalized spacial score (nSPS) is 10.8. The maximum absolute atomic E-state index is 12.1. The summed E-state index contributed by atoms with van der Waals surface area (Å²) in [6.07, 6.45) is 4.34. The number of nitrogens with one attached hydrogen (secondary N) is 1. The summed E-state index contributed by atoms with van der Waals surface area (Å²) < 4.78 is 10.6. The van der Waals surface area contributed by atoms with E-state index in [-0.39, 0.29) is 17.0 Å². The van der Waals surface area contributed by atoms with Gasteiger partial charge in [0.25, 0.3) is 11.6 Å². The van der Waals surface area contributed by atoms with Gasteiger partial charge in [0.15, 0.2) is 11.5 Å². The molecule has 0 aromatic heterocycles. The second kappa shape index (κ2) is 11.0. The lowest BCUT2D eigenvalue weighted by Gasteiger charge is -2.08. The minimum absolute atomic E-state index is 0.113. The van der Waals surface area contributed by atoms with E-state index in [0.29, 0.717) is 11.3 Å². The Bertz CT molecular complexity index is 1200. The van der Waals surface area contributed by atoms with Gasteiger partial charge < -0.3 is 9.47 Å². The largest absolute Gasteiger partial charge is 0.493 e. The molecule has 0 bridgehead atoms. The quantitative estimate of drug-likeness (QED) is 0.140. The van der Waals surface area contributed by atoms with Crippen molar-refractivity contribution in [3.63, 3.8) is 0 Å². The van der Waals surface area contributed by atoms with Gasteiger partial charge in [-0.15, -0.1) is 0 Å². The zero-order valence-corrected chi connectivity index (χ0v) is 17.5. The summed E-state index contributed by atoms with van der Waals surface area (Å²) in [5.74, 6) is -0.549. The van der Waals surface area contributed by atoms with Gasteiger partial charge in [0.1, 0.15) is 0 Å². The minimum Gasteiger partial charge on any atom is -0.493 e. The molecular weight excluding hydrogens is 426 g/mol. The van der Waals surface area contributed by atoms with E-state index in [4.69, 9.17) is 9.47 Å². The van der Waals surface area contributed by atoms with Crippen molar-refractivity contribution >= 4 is 29.9 Å². The number of carbonyl (C=O) groups excluding carboxylic acids is 2. The molecule has 0 saturated carbocycles. The highest BCUT2D eigenvalue weighted by Gasteiger charge is 2.10. The number of benzene rings is 3. The summed E-state index contributed by atoms with van der Waals surface area (Å²) in [5.41, 5.74) is 3.89. The predicted octanol–water partition coefficient (Wildman–Crippen LogP) is 3.99. The highest BCUT2D eigenvalue weighted by atomic mass is 16.6. The third-order valence-corrected chi connectivity index (χ3v) is 4.33. The molecule has 3 aromatic carbocycles. The molecule has 0 spiro atoms. The topological polar surface area (TPSA) is 120 Å². The summed E-state index contributed by atoms with van der Waals surface area (Å²) >= 11 is 0. The number of rotatable bonds is 8. The predicted molar refractivity (Wildman–Crippen MR) is 122 cm³/mol. The molecule has 3 rings (SSSR count). The van der Waals surface area contributed by atoms with E-state index >= 15 is 0 Å². The number of nitrogens with zero attached hydrogens (tertiary/aromatic N) is 2.